The molecule has 0 saturated heterocycles. The maximum atomic E-state index is 12.3. The molecule has 0 aliphatic carbocycles. The molecule has 0 aliphatic rings. The Morgan fingerprint density at radius 2 is 2.06 bits per heavy atom. The zero-order chi connectivity index (χ0) is 13.4. The molecule has 0 unspecified atom stereocenters. The molecule has 3 nitrogen and oxygen atoms in total. The molecule has 3 heteroatoms. The van der Waals surface area contributed by atoms with Crippen LogP contribution in [0, 0.1) is 0 Å². The van der Waals surface area contributed by atoms with Crippen LogP contribution in [0.5, 0.6) is 0 Å². The average Bonchev–Trinajstić information content (AvgIpc) is 2.39. The topological polar surface area (TPSA) is 46.2 Å². The first-order valence-corrected chi connectivity index (χ1v) is 5.54. The van der Waals surface area contributed by atoms with E-state index in [0.29, 0.717) is 23.2 Å². The largest absolute Gasteiger partial charge is 0.328 e. The van der Waals surface area contributed by atoms with Crippen molar-refractivity contribution >= 4 is 17.9 Å². The zero-order valence-corrected chi connectivity index (χ0v) is 10.2. The second-order valence-electron chi connectivity index (χ2n) is 3.49. The number of carbonyl (C=O) groups excluding carboxylic acids is 2. The van der Waals surface area contributed by atoms with Crippen molar-refractivity contribution in [2.75, 3.05) is 5.32 Å². The molecule has 0 atom stereocenters. The number of para-hydroxylation sites is 1. The van der Waals surface area contributed by atoms with Crippen LogP contribution in [0.3, 0.4) is 0 Å². The van der Waals surface area contributed by atoms with Crippen LogP contribution >= 0.6 is 0 Å². The van der Waals surface area contributed by atoms with Gasteiger partial charge in [-0.25, -0.2) is 0 Å². The third-order valence-electron chi connectivity index (χ3n) is 2.29. The van der Waals surface area contributed by atoms with E-state index in [-0.39, 0.29) is 5.78 Å². The van der Waals surface area contributed by atoms with Crippen LogP contribution in [0.15, 0.2) is 60.7 Å². The molecule has 0 spiro atoms. The minimum absolute atomic E-state index is 0.155. The van der Waals surface area contributed by atoms with Gasteiger partial charge in [0.15, 0.2) is 5.78 Å². The third-order valence-corrected chi connectivity index (χ3v) is 2.29. The summed E-state index contributed by atoms with van der Waals surface area (Å²) in [5.74, 6) is -0.155. The Morgan fingerprint density at radius 3 is 2.67 bits per heavy atom. The number of nitrogens with one attached hydrogen (secondary N) is 1. The van der Waals surface area contributed by atoms with Gasteiger partial charge < -0.3 is 5.32 Å². The highest BCUT2D eigenvalue weighted by Crippen LogP contribution is 2.19. The van der Waals surface area contributed by atoms with Crippen LogP contribution < -0.4 is 5.32 Å². The van der Waals surface area contributed by atoms with Gasteiger partial charge >= 0.3 is 0 Å². The SMILES string of the molecule is C=C/C=C(\C=C/C)C(=O)c1ccccc1NC=O. The number of rotatable bonds is 6. The van der Waals surface area contributed by atoms with Crippen LogP contribution in [0.25, 0.3) is 0 Å². The molecule has 1 aromatic carbocycles. The summed E-state index contributed by atoms with van der Waals surface area (Å²) in [5.41, 5.74) is 1.47. The molecule has 1 rings (SSSR count). The fraction of sp³-hybridized carbons (Fsp3) is 0.0667. The van der Waals surface area contributed by atoms with Crippen LogP contribution in [-0.4, -0.2) is 12.2 Å². The lowest BCUT2D eigenvalue weighted by molar-refractivity contribution is -0.105. The lowest BCUT2D eigenvalue weighted by atomic mass is 10.0. The lowest BCUT2D eigenvalue weighted by Gasteiger charge is -2.07. The summed E-state index contributed by atoms with van der Waals surface area (Å²) in [4.78, 5) is 22.8. The zero-order valence-electron chi connectivity index (χ0n) is 10.2. The third kappa shape index (κ3) is 3.28. The van der Waals surface area contributed by atoms with Crippen molar-refractivity contribution in [3.05, 3.63) is 66.3 Å². The van der Waals surface area contributed by atoms with Crippen molar-refractivity contribution in [1.29, 1.82) is 0 Å². The number of hydrogen-bond acceptors (Lipinski definition) is 2. The molecule has 0 heterocycles. The first kappa shape index (κ1) is 13.6. The predicted molar refractivity (Wildman–Crippen MR) is 73.6 cm³/mol. The number of amides is 1. The Hall–Kier alpha value is -2.42. The summed E-state index contributed by atoms with van der Waals surface area (Å²) >= 11 is 0. The smallest absolute Gasteiger partial charge is 0.211 e. The monoisotopic (exact) mass is 241 g/mol. The van der Waals surface area contributed by atoms with Crippen LogP contribution in [-0.2, 0) is 4.79 Å². The molecule has 0 fully saturated rings. The Morgan fingerprint density at radius 1 is 1.33 bits per heavy atom. The van der Waals surface area contributed by atoms with E-state index in [4.69, 9.17) is 0 Å². The minimum Gasteiger partial charge on any atom is -0.328 e. The van der Waals surface area contributed by atoms with Crippen LogP contribution in [0.2, 0.25) is 0 Å². The van der Waals surface area contributed by atoms with Gasteiger partial charge in [-0.1, -0.05) is 43.0 Å². The van der Waals surface area contributed by atoms with Crippen LogP contribution in [0.4, 0.5) is 5.69 Å². The molecular weight excluding hydrogens is 226 g/mol. The van der Waals surface area contributed by atoms with Crippen molar-refractivity contribution < 1.29 is 9.59 Å². The van der Waals surface area contributed by atoms with Gasteiger partial charge in [-0.3, -0.25) is 9.59 Å². The summed E-state index contributed by atoms with van der Waals surface area (Å²) in [7, 11) is 0. The van der Waals surface area contributed by atoms with Crippen molar-refractivity contribution in [3.63, 3.8) is 0 Å². The summed E-state index contributed by atoms with van der Waals surface area (Å²) in [6.45, 7) is 5.42. The molecule has 0 bridgehead atoms. The molecule has 1 N–H and O–H groups in total. The Balaban J connectivity index is 3.20. The van der Waals surface area contributed by atoms with Gasteiger partial charge in [-0.2, -0.15) is 0 Å². The average molecular weight is 241 g/mol. The quantitative estimate of drug-likeness (QED) is 0.360. The van der Waals surface area contributed by atoms with Crippen molar-refractivity contribution in [2.45, 2.75) is 6.92 Å². The summed E-state index contributed by atoms with van der Waals surface area (Å²) < 4.78 is 0. The normalized spacial score (nSPS) is 11.3. The van der Waals surface area contributed by atoms with E-state index in [1.54, 1.807) is 48.6 Å². The number of carbonyl (C=O) groups is 2. The molecule has 0 saturated carbocycles. The molecule has 0 radical (unpaired) electrons. The Bertz CT molecular complexity index is 513. The van der Waals surface area contributed by atoms with Gasteiger partial charge in [0.25, 0.3) is 0 Å². The van der Waals surface area contributed by atoms with Gasteiger partial charge in [0, 0.05) is 11.1 Å². The molecule has 0 aromatic heterocycles. The van der Waals surface area contributed by atoms with Gasteiger partial charge in [0.05, 0.1) is 5.69 Å². The van der Waals surface area contributed by atoms with E-state index in [0.717, 1.165) is 0 Å². The number of anilines is 1. The number of ketones is 1. The first-order chi connectivity index (χ1) is 8.74. The fourth-order valence-electron chi connectivity index (χ4n) is 1.54. The van der Waals surface area contributed by atoms with Gasteiger partial charge in [0.1, 0.15) is 0 Å². The van der Waals surface area contributed by atoms with Gasteiger partial charge in [-0.15, -0.1) is 0 Å². The molecule has 18 heavy (non-hydrogen) atoms. The first-order valence-electron chi connectivity index (χ1n) is 5.54. The highest BCUT2D eigenvalue weighted by molar-refractivity contribution is 6.14. The van der Waals surface area contributed by atoms with E-state index >= 15 is 0 Å². The second kappa shape index (κ2) is 7.01. The van der Waals surface area contributed by atoms with E-state index in [9.17, 15) is 9.59 Å². The Kier molecular flexibility index (Phi) is 5.32. The molecule has 92 valence electrons. The van der Waals surface area contributed by atoms with Gasteiger partial charge in [-0.05, 0) is 19.1 Å². The maximum Gasteiger partial charge on any atom is 0.211 e. The highest BCUT2D eigenvalue weighted by Gasteiger charge is 2.13. The van der Waals surface area contributed by atoms with Crippen LogP contribution in [0.1, 0.15) is 17.3 Å². The lowest BCUT2D eigenvalue weighted by Crippen LogP contribution is -2.07. The fourth-order valence-corrected chi connectivity index (χ4v) is 1.54. The van der Waals surface area contributed by atoms with E-state index in [2.05, 4.69) is 11.9 Å². The van der Waals surface area contributed by atoms with E-state index < -0.39 is 0 Å². The highest BCUT2D eigenvalue weighted by atomic mass is 16.1. The summed E-state index contributed by atoms with van der Waals surface area (Å²) in [6.07, 6.45) is 7.24. The van der Waals surface area contributed by atoms with E-state index in [1.165, 1.54) is 0 Å². The Labute approximate surface area is 107 Å². The minimum atomic E-state index is -0.155. The number of benzene rings is 1. The molecule has 0 aliphatic heterocycles. The van der Waals surface area contributed by atoms with Gasteiger partial charge in [0.2, 0.25) is 6.41 Å². The molecule has 1 aromatic rings. The number of Topliss-reactive ketones (excluding diaryl/α,β-unsaturated/α-hetero) is 1. The standard InChI is InChI=1S/C15H15NO2/c1-3-7-12(8-4-2)15(18)13-9-5-6-10-14(13)16-11-17/h3-11H,1H2,2H3,(H,16,17)/b8-4-,12-7+. The van der Waals surface area contributed by atoms with Crippen molar-refractivity contribution in [2.24, 2.45) is 0 Å². The maximum absolute atomic E-state index is 12.3. The number of allylic oxidation sites excluding steroid dienone is 5. The predicted octanol–water partition coefficient (Wildman–Crippen LogP) is 3.13. The second-order valence-corrected chi connectivity index (χ2v) is 3.49. The summed E-state index contributed by atoms with van der Waals surface area (Å²) in [6, 6.07) is 6.87. The summed E-state index contributed by atoms with van der Waals surface area (Å²) in [5, 5.41) is 2.52. The van der Waals surface area contributed by atoms with Crippen molar-refractivity contribution in [3.8, 4) is 0 Å². The van der Waals surface area contributed by atoms with E-state index in [1.807, 2.05) is 6.92 Å². The number of hydrogen-bond donors (Lipinski definition) is 1. The molecule has 1 amide bonds. The molecular formula is C15H15NO2. The van der Waals surface area contributed by atoms with Crippen molar-refractivity contribution in [1.82, 2.24) is 0 Å².